The molecule has 3 aromatic rings. The second kappa shape index (κ2) is 15.3. The van der Waals surface area contributed by atoms with Crippen LogP contribution in [-0.2, 0) is 11.3 Å². The van der Waals surface area contributed by atoms with E-state index in [0.717, 1.165) is 24.1 Å². The van der Waals surface area contributed by atoms with E-state index < -0.39 is 24.0 Å². The van der Waals surface area contributed by atoms with Crippen LogP contribution in [0.2, 0.25) is 0 Å². The largest absolute Gasteiger partial charge is 0.490 e. The van der Waals surface area contributed by atoms with E-state index in [9.17, 15) is 31.9 Å². The fourth-order valence-corrected chi connectivity index (χ4v) is 4.56. The number of carboxylic acids is 1. The summed E-state index contributed by atoms with van der Waals surface area (Å²) in [6.07, 6.45) is -2.86. The Balaban J connectivity index is 0.000000617. The van der Waals surface area contributed by atoms with Gasteiger partial charge in [-0.1, -0.05) is 30.3 Å². The van der Waals surface area contributed by atoms with Crippen LogP contribution in [0.15, 0.2) is 72.8 Å². The summed E-state index contributed by atoms with van der Waals surface area (Å²) in [5.74, 6) is -3.27. The van der Waals surface area contributed by atoms with Gasteiger partial charge >= 0.3 is 18.2 Å². The molecular weight excluding hydrogens is 610 g/mol. The SMILES string of the molecule is O=C(NCC1CC1)Nc1ccc(C(=O)N2CCN(Cc3cccc(C(=O)Nc4ccccc4)c3)CC2)cc1F.O=C(O)C(F)(F)F. The van der Waals surface area contributed by atoms with Gasteiger partial charge in [0.15, 0.2) is 0 Å². The van der Waals surface area contributed by atoms with E-state index in [1.807, 2.05) is 48.5 Å². The van der Waals surface area contributed by atoms with Gasteiger partial charge in [0.25, 0.3) is 11.8 Å². The highest BCUT2D eigenvalue weighted by Gasteiger charge is 2.38. The quantitative estimate of drug-likeness (QED) is 0.250. The highest BCUT2D eigenvalue weighted by molar-refractivity contribution is 6.04. The van der Waals surface area contributed by atoms with Gasteiger partial charge in [-0.15, -0.1) is 0 Å². The molecule has 0 atom stereocenters. The molecule has 1 aliphatic carbocycles. The fourth-order valence-electron chi connectivity index (χ4n) is 4.56. The number of carbonyl (C=O) groups excluding carboxylic acids is 3. The number of aliphatic carboxylic acids is 1. The highest BCUT2D eigenvalue weighted by Crippen LogP contribution is 2.27. The molecule has 2 aliphatic rings. The average molecular weight is 644 g/mol. The molecule has 4 amide bonds. The summed E-state index contributed by atoms with van der Waals surface area (Å²) in [6, 6.07) is 20.6. The van der Waals surface area contributed by atoms with E-state index in [4.69, 9.17) is 9.90 Å². The smallest absolute Gasteiger partial charge is 0.475 e. The first kappa shape index (κ1) is 33.9. The number of urea groups is 1. The molecule has 1 heterocycles. The molecule has 0 spiro atoms. The summed E-state index contributed by atoms with van der Waals surface area (Å²) >= 11 is 0. The number of carbonyl (C=O) groups is 4. The van der Waals surface area contributed by atoms with Gasteiger partial charge < -0.3 is 26.0 Å². The molecule has 2 fully saturated rings. The number of benzene rings is 3. The minimum absolute atomic E-state index is 0.0457. The fraction of sp³-hybridized carbons (Fsp3) is 0.312. The number of hydrogen-bond acceptors (Lipinski definition) is 5. The number of halogens is 4. The van der Waals surface area contributed by atoms with Crippen molar-refractivity contribution in [3.05, 3.63) is 95.3 Å². The normalized spacial score (nSPS) is 14.8. The van der Waals surface area contributed by atoms with E-state index in [1.165, 1.54) is 12.1 Å². The number of nitrogens with one attached hydrogen (secondary N) is 3. The van der Waals surface area contributed by atoms with Gasteiger partial charge in [-0.05, 0) is 66.8 Å². The summed E-state index contributed by atoms with van der Waals surface area (Å²) < 4.78 is 46.4. The molecule has 3 aromatic carbocycles. The summed E-state index contributed by atoms with van der Waals surface area (Å²) in [5, 5.41) is 15.3. The van der Waals surface area contributed by atoms with Crippen molar-refractivity contribution in [3.8, 4) is 0 Å². The molecule has 1 saturated carbocycles. The van der Waals surface area contributed by atoms with Gasteiger partial charge in [0, 0.05) is 56.1 Å². The minimum atomic E-state index is -5.08. The van der Waals surface area contributed by atoms with Gasteiger partial charge in [0.1, 0.15) is 5.82 Å². The monoisotopic (exact) mass is 643 g/mol. The van der Waals surface area contributed by atoms with Gasteiger partial charge in [-0.3, -0.25) is 14.5 Å². The number of rotatable bonds is 8. The molecule has 4 N–H and O–H groups in total. The van der Waals surface area contributed by atoms with E-state index >= 15 is 0 Å². The lowest BCUT2D eigenvalue weighted by molar-refractivity contribution is -0.192. The van der Waals surface area contributed by atoms with Crippen LogP contribution in [0.1, 0.15) is 39.1 Å². The second-order valence-electron chi connectivity index (χ2n) is 10.9. The number of amides is 4. The number of para-hydroxylation sites is 1. The van der Waals surface area contributed by atoms with Crippen LogP contribution in [0.4, 0.5) is 33.7 Å². The van der Waals surface area contributed by atoms with Crippen molar-refractivity contribution in [1.29, 1.82) is 0 Å². The van der Waals surface area contributed by atoms with Crippen molar-refractivity contribution in [2.75, 3.05) is 43.4 Å². The molecule has 1 aliphatic heterocycles. The molecule has 0 bridgehead atoms. The third-order valence-corrected chi connectivity index (χ3v) is 7.24. The number of hydrogen-bond donors (Lipinski definition) is 4. The van der Waals surface area contributed by atoms with Crippen molar-refractivity contribution >= 4 is 35.2 Å². The van der Waals surface area contributed by atoms with Gasteiger partial charge in [0.2, 0.25) is 0 Å². The Morgan fingerprint density at radius 2 is 1.50 bits per heavy atom. The molecule has 14 heteroatoms. The molecule has 0 radical (unpaired) electrons. The van der Waals surface area contributed by atoms with Crippen molar-refractivity contribution in [3.63, 3.8) is 0 Å². The van der Waals surface area contributed by atoms with Gasteiger partial charge in [-0.2, -0.15) is 13.2 Å². The van der Waals surface area contributed by atoms with Gasteiger partial charge in [-0.25, -0.2) is 14.0 Å². The zero-order valence-corrected chi connectivity index (χ0v) is 24.6. The topological polar surface area (TPSA) is 131 Å². The molecular formula is C32H33F4N5O5. The lowest BCUT2D eigenvalue weighted by Gasteiger charge is -2.35. The molecule has 46 heavy (non-hydrogen) atoms. The van der Waals surface area contributed by atoms with Crippen molar-refractivity contribution in [2.24, 2.45) is 5.92 Å². The Morgan fingerprint density at radius 1 is 0.826 bits per heavy atom. The van der Waals surface area contributed by atoms with E-state index in [-0.39, 0.29) is 23.1 Å². The maximum Gasteiger partial charge on any atom is 0.490 e. The van der Waals surface area contributed by atoms with Gasteiger partial charge in [0.05, 0.1) is 5.69 Å². The summed E-state index contributed by atoms with van der Waals surface area (Å²) in [4.78, 5) is 50.4. The standard InChI is InChI=1S/C30H32FN5O3.C2HF3O2/c31-26-18-24(11-12-27(26)34-30(39)32-19-21-9-10-21)29(38)36-15-13-35(14-16-36)20-22-5-4-6-23(17-22)28(37)33-25-7-2-1-3-8-25;3-2(4,5)1(6)7/h1-8,11-12,17-18,21H,9-10,13-16,19-20H2,(H,33,37)(H2,32,34,39);(H,6,7). The summed E-state index contributed by atoms with van der Waals surface area (Å²) in [7, 11) is 0. The van der Waals surface area contributed by atoms with Crippen molar-refractivity contribution in [1.82, 2.24) is 15.1 Å². The summed E-state index contributed by atoms with van der Waals surface area (Å²) in [5.41, 5.74) is 2.65. The molecule has 244 valence electrons. The first-order valence-electron chi connectivity index (χ1n) is 14.5. The van der Waals surface area contributed by atoms with Crippen molar-refractivity contribution in [2.45, 2.75) is 25.6 Å². The maximum absolute atomic E-state index is 14.6. The zero-order chi connectivity index (χ0) is 33.3. The Labute approximate surface area is 262 Å². The Morgan fingerprint density at radius 3 is 2.11 bits per heavy atom. The number of piperazine rings is 1. The third-order valence-electron chi connectivity index (χ3n) is 7.24. The van der Waals surface area contributed by atoms with Crippen LogP contribution in [0, 0.1) is 11.7 Å². The number of nitrogens with zero attached hydrogens (tertiary/aromatic N) is 2. The number of carboxylic acid groups (broad SMARTS) is 1. The van der Waals surface area contributed by atoms with Crippen LogP contribution in [0.25, 0.3) is 0 Å². The summed E-state index contributed by atoms with van der Waals surface area (Å²) in [6.45, 7) is 3.60. The predicted octanol–water partition coefficient (Wildman–Crippen LogP) is 5.20. The first-order valence-corrected chi connectivity index (χ1v) is 14.5. The molecule has 5 rings (SSSR count). The zero-order valence-electron chi connectivity index (χ0n) is 24.6. The Hall–Kier alpha value is -4.98. The lowest BCUT2D eigenvalue weighted by atomic mass is 10.1. The molecule has 0 aromatic heterocycles. The van der Waals surface area contributed by atoms with Crippen LogP contribution in [0.3, 0.4) is 0 Å². The Bertz CT molecular complexity index is 1540. The van der Waals surface area contributed by atoms with Crippen LogP contribution < -0.4 is 16.0 Å². The van der Waals surface area contributed by atoms with Crippen LogP contribution >= 0.6 is 0 Å². The van der Waals surface area contributed by atoms with E-state index in [2.05, 4.69) is 20.9 Å². The second-order valence-corrected chi connectivity index (χ2v) is 10.9. The van der Waals surface area contributed by atoms with E-state index in [1.54, 1.807) is 17.0 Å². The minimum Gasteiger partial charge on any atom is -0.475 e. The van der Waals surface area contributed by atoms with Crippen LogP contribution in [-0.4, -0.2) is 77.6 Å². The lowest BCUT2D eigenvalue weighted by Crippen LogP contribution is -2.48. The van der Waals surface area contributed by atoms with Crippen molar-refractivity contribution < 1.29 is 41.8 Å². The predicted molar refractivity (Wildman–Crippen MR) is 162 cm³/mol. The third kappa shape index (κ3) is 10.3. The first-order chi connectivity index (χ1) is 21.9. The maximum atomic E-state index is 14.6. The average Bonchev–Trinajstić information content (AvgIpc) is 3.86. The number of anilines is 2. The number of alkyl halides is 3. The van der Waals surface area contributed by atoms with E-state index in [0.29, 0.717) is 50.7 Å². The van der Waals surface area contributed by atoms with Crippen LogP contribution in [0.5, 0.6) is 0 Å². The molecule has 1 saturated heterocycles. The Kier molecular flexibility index (Phi) is 11.3. The molecule has 10 nitrogen and oxygen atoms in total. The molecule has 0 unspecified atom stereocenters. The highest BCUT2D eigenvalue weighted by atomic mass is 19.4.